The summed E-state index contributed by atoms with van der Waals surface area (Å²) < 4.78 is 0. The maximum absolute atomic E-state index is 11.9. The predicted octanol–water partition coefficient (Wildman–Crippen LogP) is 2.15. The third kappa shape index (κ3) is 2.76. The van der Waals surface area contributed by atoms with Gasteiger partial charge in [0, 0.05) is 11.8 Å². The van der Waals surface area contributed by atoms with Crippen LogP contribution in [-0.4, -0.2) is 28.2 Å². The van der Waals surface area contributed by atoms with Crippen LogP contribution in [0.4, 0.5) is 0 Å². The number of carbonyl (C=O) groups is 1. The normalized spacial score (nSPS) is 41.5. The lowest BCUT2D eigenvalue weighted by Gasteiger charge is -2.49. The Hall–Kier alpha value is -0.850. The minimum absolute atomic E-state index is 0.0241. The molecule has 0 spiro atoms. The molecule has 116 valence electrons. The van der Waals surface area contributed by atoms with Crippen LogP contribution in [0, 0.1) is 41.4 Å². The van der Waals surface area contributed by atoms with Gasteiger partial charge in [0.15, 0.2) is 0 Å². The molecule has 3 nitrogen and oxygen atoms in total. The van der Waals surface area contributed by atoms with Crippen molar-refractivity contribution in [1.82, 2.24) is 0 Å². The van der Waals surface area contributed by atoms with Crippen molar-refractivity contribution in [3.05, 3.63) is 0 Å². The second-order valence-electron chi connectivity index (χ2n) is 7.18. The van der Waals surface area contributed by atoms with E-state index >= 15 is 0 Å². The average Bonchev–Trinajstić information content (AvgIpc) is 2.53. The van der Waals surface area contributed by atoms with Crippen molar-refractivity contribution in [2.24, 2.45) is 29.6 Å². The molecule has 0 aromatic carbocycles. The average molecular weight is 290 g/mol. The summed E-state index contributed by atoms with van der Waals surface area (Å²) in [4.78, 5) is 11.9. The lowest BCUT2D eigenvalue weighted by molar-refractivity contribution is -0.151. The number of fused-ring (bicyclic) bond motifs is 1. The number of rotatable bonds is 1. The van der Waals surface area contributed by atoms with Gasteiger partial charge in [-0.25, -0.2) is 0 Å². The molecule has 2 N–H and O–H groups in total. The van der Waals surface area contributed by atoms with Gasteiger partial charge in [-0.3, -0.25) is 4.79 Å². The van der Waals surface area contributed by atoms with E-state index in [9.17, 15) is 15.0 Å². The molecule has 0 aliphatic heterocycles. The third-order valence-corrected chi connectivity index (χ3v) is 5.95. The van der Waals surface area contributed by atoms with Crippen molar-refractivity contribution >= 4 is 5.78 Å². The minimum Gasteiger partial charge on any atom is -0.392 e. The van der Waals surface area contributed by atoms with Crippen LogP contribution < -0.4 is 0 Å². The topological polar surface area (TPSA) is 57.5 Å². The Morgan fingerprint density at radius 3 is 2.57 bits per heavy atom. The standard InChI is InChI=1S/C18H26O3/c1-11-17-13(16(20)10-8-14(17)18(11)21)7-9-15(19)12-5-3-2-4-6-12/h11-17,19-20H,2-6,8,10H2,1H3/t11-,13-,14-,15-,16+,17+/m1/s1. The van der Waals surface area contributed by atoms with Gasteiger partial charge in [0.2, 0.25) is 0 Å². The second-order valence-corrected chi connectivity index (χ2v) is 7.18. The number of carbonyl (C=O) groups excluding carboxylic acids is 1. The molecule has 21 heavy (non-hydrogen) atoms. The third-order valence-electron chi connectivity index (χ3n) is 5.95. The molecule has 0 heterocycles. The molecule has 3 saturated carbocycles. The van der Waals surface area contributed by atoms with E-state index in [1.807, 2.05) is 6.92 Å². The van der Waals surface area contributed by atoms with Crippen molar-refractivity contribution in [2.75, 3.05) is 0 Å². The zero-order valence-corrected chi connectivity index (χ0v) is 12.8. The van der Waals surface area contributed by atoms with E-state index in [0.717, 1.165) is 19.3 Å². The number of aliphatic hydroxyl groups excluding tert-OH is 2. The summed E-state index contributed by atoms with van der Waals surface area (Å²) >= 11 is 0. The molecular formula is C18H26O3. The first-order valence-corrected chi connectivity index (χ1v) is 8.50. The van der Waals surface area contributed by atoms with Gasteiger partial charge in [-0.2, -0.15) is 0 Å². The van der Waals surface area contributed by atoms with Crippen molar-refractivity contribution in [3.63, 3.8) is 0 Å². The molecule has 3 aliphatic carbocycles. The molecule has 0 aromatic rings. The molecule has 3 rings (SSSR count). The van der Waals surface area contributed by atoms with Crippen LogP contribution in [0.1, 0.15) is 51.9 Å². The molecule has 0 unspecified atom stereocenters. The number of hydrogen-bond acceptors (Lipinski definition) is 3. The van der Waals surface area contributed by atoms with Crippen LogP contribution in [0.3, 0.4) is 0 Å². The van der Waals surface area contributed by atoms with Crippen molar-refractivity contribution in [3.8, 4) is 11.8 Å². The van der Waals surface area contributed by atoms with Crippen LogP contribution in [0.2, 0.25) is 0 Å². The van der Waals surface area contributed by atoms with E-state index in [4.69, 9.17) is 0 Å². The zero-order valence-electron chi connectivity index (χ0n) is 12.8. The van der Waals surface area contributed by atoms with Gasteiger partial charge < -0.3 is 10.2 Å². The molecule has 3 aliphatic rings. The van der Waals surface area contributed by atoms with Gasteiger partial charge in [0.25, 0.3) is 0 Å². The highest BCUT2D eigenvalue weighted by Gasteiger charge is 2.54. The highest BCUT2D eigenvalue weighted by atomic mass is 16.3. The largest absolute Gasteiger partial charge is 0.392 e. The molecule has 0 saturated heterocycles. The first-order chi connectivity index (χ1) is 10.1. The van der Waals surface area contributed by atoms with Crippen LogP contribution in [0.25, 0.3) is 0 Å². The molecule has 3 fully saturated rings. The van der Waals surface area contributed by atoms with Gasteiger partial charge in [0.05, 0.1) is 12.0 Å². The maximum Gasteiger partial charge on any atom is 0.139 e. The molecule has 0 aromatic heterocycles. The molecule has 3 heteroatoms. The lowest BCUT2D eigenvalue weighted by atomic mass is 9.53. The predicted molar refractivity (Wildman–Crippen MR) is 80.2 cm³/mol. The summed E-state index contributed by atoms with van der Waals surface area (Å²) in [5.41, 5.74) is 0. The van der Waals surface area contributed by atoms with Crippen molar-refractivity contribution in [2.45, 2.75) is 64.1 Å². The lowest BCUT2D eigenvalue weighted by Crippen LogP contribution is -2.55. The Kier molecular flexibility index (Phi) is 4.38. The van der Waals surface area contributed by atoms with E-state index in [-0.39, 0.29) is 23.7 Å². The summed E-state index contributed by atoms with van der Waals surface area (Å²) in [6.45, 7) is 1.95. The Morgan fingerprint density at radius 2 is 1.86 bits per heavy atom. The van der Waals surface area contributed by atoms with Crippen LogP contribution in [-0.2, 0) is 4.79 Å². The first-order valence-electron chi connectivity index (χ1n) is 8.50. The fourth-order valence-corrected chi connectivity index (χ4v) is 4.57. The minimum atomic E-state index is -0.566. The molecule has 0 radical (unpaired) electrons. The zero-order chi connectivity index (χ0) is 15.0. The van der Waals surface area contributed by atoms with Crippen LogP contribution in [0.15, 0.2) is 0 Å². The van der Waals surface area contributed by atoms with Crippen LogP contribution >= 0.6 is 0 Å². The van der Waals surface area contributed by atoms with Gasteiger partial charge in [-0.05, 0) is 37.5 Å². The SMILES string of the molecule is C[C@H]1C(=O)[C@@H]2CC[C@H](O)[C@@H](C#C[C@@H](O)C3CCCCC3)[C@H]12. The number of hydrogen-bond donors (Lipinski definition) is 2. The monoisotopic (exact) mass is 290 g/mol. The van der Waals surface area contributed by atoms with Crippen molar-refractivity contribution in [1.29, 1.82) is 0 Å². The summed E-state index contributed by atoms with van der Waals surface area (Å²) in [5.74, 6) is 6.99. The molecule has 0 amide bonds. The number of Topliss-reactive ketones (excluding diaryl/α,β-unsaturated/α-hetero) is 1. The Labute approximate surface area is 127 Å². The first kappa shape index (κ1) is 15.1. The second kappa shape index (κ2) is 6.10. The molecule has 0 bridgehead atoms. The fraction of sp³-hybridized carbons (Fsp3) is 0.833. The smallest absolute Gasteiger partial charge is 0.139 e. The summed E-state index contributed by atoms with van der Waals surface area (Å²) in [5, 5.41) is 20.5. The van der Waals surface area contributed by atoms with Gasteiger partial charge in [-0.15, -0.1) is 0 Å². The number of aliphatic hydroxyl groups is 2. The molecular weight excluding hydrogens is 264 g/mol. The highest BCUT2D eigenvalue weighted by Crippen LogP contribution is 2.49. The van der Waals surface area contributed by atoms with E-state index in [2.05, 4.69) is 11.8 Å². The summed E-state index contributed by atoms with van der Waals surface area (Å²) in [6, 6.07) is 0. The van der Waals surface area contributed by atoms with Gasteiger partial charge in [0.1, 0.15) is 11.9 Å². The Bertz CT molecular complexity index is 455. The number of ketones is 1. The van der Waals surface area contributed by atoms with E-state index in [0.29, 0.717) is 18.1 Å². The van der Waals surface area contributed by atoms with Gasteiger partial charge >= 0.3 is 0 Å². The maximum atomic E-state index is 11.9. The van der Waals surface area contributed by atoms with E-state index in [1.165, 1.54) is 19.3 Å². The van der Waals surface area contributed by atoms with Crippen LogP contribution in [0.5, 0.6) is 0 Å². The Morgan fingerprint density at radius 1 is 1.14 bits per heavy atom. The van der Waals surface area contributed by atoms with Crippen molar-refractivity contribution < 1.29 is 15.0 Å². The molecule has 6 atom stereocenters. The van der Waals surface area contributed by atoms with Gasteiger partial charge in [-0.1, -0.05) is 38.0 Å². The van der Waals surface area contributed by atoms with E-state index in [1.54, 1.807) is 0 Å². The van der Waals surface area contributed by atoms with E-state index < -0.39 is 12.2 Å². The highest BCUT2D eigenvalue weighted by molar-refractivity contribution is 5.90. The Balaban J connectivity index is 1.68. The summed E-state index contributed by atoms with van der Waals surface area (Å²) in [7, 11) is 0. The summed E-state index contributed by atoms with van der Waals surface area (Å²) in [6.07, 6.45) is 6.22. The quantitative estimate of drug-likeness (QED) is 0.728. The fourth-order valence-electron chi connectivity index (χ4n) is 4.57.